The Morgan fingerprint density at radius 2 is 1.30 bits per heavy atom. The number of carbonyl (C=O) groups excluding carboxylic acids is 1. The molecule has 0 fully saturated rings. The second kappa shape index (κ2) is 10.4. The summed E-state index contributed by atoms with van der Waals surface area (Å²) in [5, 5.41) is 0. The molecule has 7 heteroatoms. The molecule has 33 heavy (non-hydrogen) atoms. The van der Waals surface area contributed by atoms with Crippen molar-refractivity contribution in [3.8, 4) is 5.75 Å². The van der Waals surface area contributed by atoms with Crippen molar-refractivity contribution in [3.63, 3.8) is 0 Å². The summed E-state index contributed by atoms with van der Waals surface area (Å²) in [7, 11) is -3.97. The van der Waals surface area contributed by atoms with Crippen molar-refractivity contribution in [1.29, 1.82) is 0 Å². The normalized spacial score (nSPS) is 13.0. The first-order valence-electron chi connectivity index (χ1n) is 11.1. The standard InChI is InChI=1S/C26H37O6P/c1-24(2,3)31-33(28,32-25(4,5)6)30-22-17-13-12-16-21(22)18-26(7,8)23(27)29-19-20-14-10-9-11-15-20/h9-17H,18-19H2,1-8H3. The SMILES string of the molecule is CC(C)(C)OP(=O)(Oc1ccccc1CC(C)(C)C(=O)OCc1ccccc1)OC(C)(C)C. The lowest BCUT2D eigenvalue weighted by Crippen LogP contribution is -2.29. The zero-order valence-corrected chi connectivity index (χ0v) is 21.9. The van der Waals surface area contributed by atoms with Crippen LogP contribution in [0.25, 0.3) is 0 Å². The topological polar surface area (TPSA) is 71.1 Å². The Kier molecular flexibility index (Phi) is 8.56. The molecule has 0 aliphatic rings. The van der Waals surface area contributed by atoms with Gasteiger partial charge in [0.2, 0.25) is 0 Å². The number of rotatable bonds is 9. The molecule has 0 aromatic heterocycles. The van der Waals surface area contributed by atoms with E-state index < -0.39 is 24.4 Å². The highest BCUT2D eigenvalue weighted by Crippen LogP contribution is 2.55. The molecule has 0 radical (unpaired) electrons. The Bertz CT molecular complexity index is 950. The first-order chi connectivity index (χ1) is 15.1. The fourth-order valence-corrected chi connectivity index (χ4v) is 4.93. The minimum Gasteiger partial charge on any atom is -0.460 e. The van der Waals surface area contributed by atoms with Gasteiger partial charge in [-0.2, -0.15) is 0 Å². The van der Waals surface area contributed by atoms with Gasteiger partial charge in [-0.05, 0) is 79.0 Å². The van der Waals surface area contributed by atoms with E-state index in [0.29, 0.717) is 17.7 Å². The van der Waals surface area contributed by atoms with Gasteiger partial charge in [0.1, 0.15) is 12.4 Å². The van der Waals surface area contributed by atoms with Crippen molar-refractivity contribution in [1.82, 2.24) is 0 Å². The summed E-state index contributed by atoms with van der Waals surface area (Å²) in [5.74, 6) is 0.0134. The summed E-state index contributed by atoms with van der Waals surface area (Å²) >= 11 is 0. The van der Waals surface area contributed by atoms with Crippen molar-refractivity contribution in [2.24, 2.45) is 5.41 Å². The summed E-state index contributed by atoms with van der Waals surface area (Å²) in [6, 6.07) is 16.7. The molecule has 182 valence electrons. The molecular formula is C26H37O6P. The molecule has 2 aromatic carbocycles. The van der Waals surface area contributed by atoms with E-state index in [1.54, 1.807) is 53.7 Å². The highest BCUT2D eigenvalue weighted by atomic mass is 31.2. The van der Waals surface area contributed by atoms with Crippen molar-refractivity contribution in [3.05, 3.63) is 65.7 Å². The zero-order valence-electron chi connectivity index (χ0n) is 21.0. The van der Waals surface area contributed by atoms with Crippen LogP contribution < -0.4 is 4.52 Å². The van der Waals surface area contributed by atoms with Gasteiger partial charge in [0, 0.05) is 0 Å². The number of phosphoric acid groups is 1. The Balaban J connectivity index is 2.22. The molecule has 2 aromatic rings. The second-order valence-corrected chi connectivity index (χ2v) is 12.1. The molecule has 0 saturated heterocycles. The van der Waals surface area contributed by atoms with Gasteiger partial charge in [-0.3, -0.25) is 13.8 Å². The minimum absolute atomic E-state index is 0.204. The molecule has 6 nitrogen and oxygen atoms in total. The number of benzene rings is 2. The van der Waals surface area contributed by atoms with E-state index >= 15 is 0 Å². The van der Waals surface area contributed by atoms with Gasteiger partial charge in [0.15, 0.2) is 0 Å². The molecule has 0 spiro atoms. The largest absolute Gasteiger partial charge is 0.531 e. The van der Waals surface area contributed by atoms with E-state index in [0.717, 1.165) is 5.56 Å². The molecular weight excluding hydrogens is 439 g/mol. The maximum absolute atomic E-state index is 13.6. The smallest absolute Gasteiger partial charge is 0.460 e. The lowest BCUT2D eigenvalue weighted by molar-refractivity contribution is -0.155. The number of para-hydroxylation sites is 1. The van der Waals surface area contributed by atoms with Gasteiger partial charge in [-0.15, -0.1) is 0 Å². The number of ether oxygens (including phenoxy) is 1. The fraction of sp³-hybridized carbons (Fsp3) is 0.500. The van der Waals surface area contributed by atoms with Crippen molar-refractivity contribution >= 4 is 13.8 Å². The average molecular weight is 477 g/mol. The average Bonchev–Trinajstić information content (AvgIpc) is 2.65. The molecule has 0 aliphatic heterocycles. The summed E-state index contributed by atoms with van der Waals surface area (Å²) in [4.78, 5) is 12.8. The Labute approximate surface area is 198 Å². The summed E-state index contributed by atoms with van der Waals surface area (Å²) < 4.78 is 36.5. The molecule has 2 rings (SSSR count). The van der Waals surface area contributed by atoms with E-state index in [1.165, 1.54) is 0 Å². The Hall–Kier alpha value is -2.14. The Morgan fingerprint density at radius 1 is 0.788 bits per heavy atom. The summed E-state index contributed by atoms with van der Waals surface area (Å²) in [5.41, 5.74) is -0.722. The molecule has 0 bridgehead atoms. The second-order valence-electron chi connectivity index (χ2n) is 10.7. The molecule has 0 N–H and O–H groups in total. The van der Waals surface area contributed by atoms with Crippen LogP contribution in [0, 0.1) is 5.41 Å². The van der Waals surface area contributed by atoms with Crippen LogP contribution >= 0.6 is 7.82 Å². The zero-order chi connectivity index (χ0) is 24.9. The predicted octanol–water partition coefficient (Wildman–Crippen LogP) is 7.12. The van der Waals surface area contributed by atoms with E-state index in [-0.39, 0.29) is 12.6 Å². The Morgan fingerprint density at radius 3 is 1.85 bits per heavy atom. The van der Waals surface area contributed by atoms with Crippen LogP contribution in [-0.4, -0.2) is 17.2 Å². The highest BCUT2D eigenvalue weighted by molar-refractivity contribution is 7.49. The van der Waals surface area contributed by atoms with Crippen molar-refractivity contribution in [2.45, 2.75) is 79.6 Å². The number of carbonyl (C=O) groups is 1. The maximum atomic E-state index is 13.6. The first-order valence-corrected chi connectivity index (χ1v) is 12.5. The number of esters is 1. The number of phosphoric ester groups is 1. The van der Waals surface area contributed by atoms with Crippen LogP contribution in [-0.2, 0) is 36.2 Å². The molecule has 0 aliphatic carbocycles. The van der Waals surface area contributed by atoms with Gasteiger partial charge < -0.3 is 9.26 Å². The third-order valence-corrected chi connectivity index (χ3v) is 6.31. The third-order valence-electron chi connectivity index (χ3n) is 4.35. The van der Waals surface area contributed by atoms with Crippen LogP contribution in [0.2, 0.25) is 0 Å². The van der Waals surface area contributed by atoms with Gasteiger partial charge in [0.05, 0.1) is 16.6 Å². The van der Waals surface area contributed by atoms with Crippen LogP contribution in [0.4, 0.5) is 0 Å². The van der Waals surface area contributed by atoms with E-state index in [1.807, 2.05) is 56.3 Å². The van der Waals surface area contributed by atoms with Crippen LogP contribution in [0.5, 0.6) is 5.75 Å². The first kappa shape index (κ1) is 27.1. The number of hydrogen-bond acceptors (Lipinski definition) is 6. The third kappa shape index (κ3) is 9.32. The van der Waals surface area contributed by atoms with E-state index in [9.17, 15) is 9.36 Å². The lowest BCUT2D eigenvalue weighted by Gasteiger charge is -2.31. The van der Waals surface area contributed by atoms with Gasteiger partial charge in [-0.25, -0.2) is 4.57 Å². The molecule has 0 saturated carbocycles. The van der Waals surface area contributed by atoms with Crippen molar-refractivity contribution < 1.29 is 27.7 Å². The van der Waals surface area contributed by atoms with Gasteiger partial charge in [0.25, 0.3) is 0 Å². The molecule has 0 atom stereocenters. The van der Waals surface area contributed by atoms with E-state index in [4.69, 9.17) is 18.3 Å². The predicted molar refractivity (Wildman–Crippen MR) is 130 cm³/mol. The molecule has 0 heterocycles. The van der Waals surface area contributed by atoms with Gasteiger partial charge >= 0.3 is 13.8 Å². The van der Waals surface area contributed by atoms with Crippen molar-refractivity contribution in [2.75, 3.05) is 0 Å². The molecule has 0 amide bonds. The van der Waals surface area contributed by atoms with Crippen LogP contribution in [0.1, 0.15) is 66.5 Å². The number of hydrogen-bond donors (Lipinski definition) is 0. The van der Waals surface area contributed by atoms with Crippen LogP contribution in [0.15, 0.2) is 54.6 Å². The summed E-state index contributed by atoms with van der Waals surface area (Å²) in [6.45, 7) is 14.5. The maximum Gasteiger partial charge on any atom is 0.531 e. The van der Waals surface area contributed by atoms with Gasteiger partial charge in [-0.1, -0.05) is 48.5 Å². The lowest BCUT2D eigenvalue weighted by atomic mass is 9.85. The fourth-order valence-electron chi connectivity index (χ4n) is 3.05. The molecule has 0 unspecified atom stereocenters. The minimum atomic E-state index is -3.97. The highest BCUT2D eigenvalue weighted by Gasteiger charge is 2.40. The monoisotopic (exact) mass is 476 g/mol. The summed E-state index contributed by atoms with van der Waals surface area (Å²) in [6.07, 6.45) is 0.321. The van der Waals surface area contributed by atoms with Crippen LogP contribution in [0.3, 0.4) is 0 Å². The quantitative estimate of drug-likeness (QED) is 0.284. The van der Waals surface area contributed by atoms with E-state index in [2.05, 4.69) is 0 Å².